The molecule has 4 rings (SSSR count). The van der Waals surface area contributed by atoms with Crippen molar-refractivity contribution >= 4 is 51.1 Å². The SMILES string of the molecule is CCl.CN(C)CCn1c(=O)c([N+](=O)[O-])c(N2CCN(C(=O)c3cccs3)CC2)c2ccccc21.N. The number of hydrogen-bond acceptors (Lipinski definition) is 8. The summed E-state index contributed by atoms with van der Waals surface area (Å²) in [6, 6.07) is 11.0. The summed E-state index contributed by atoms with van der Waals surface area (Å²) in [7, 11) is 3.79. The van der Waals surface area contributed by atoms with Crippen molar-refractivity contribution in [2.75, 3.05) is 58.1 Å². The van der Waals surface area contributed by atoms with E-state index in [2.05, 4.69) is 11.6 Å². The Morgan fingerprint density at radius 1 is 1.11 bits per heavy atom. The molecule has 0 unspecified atom stereocenters. The van der Waals surface area contributed by atoms with Crippen molar-refractivity contribution < 1.29 is 9.72 Å². The number of benzene rings is 1. The predicted octanol–water partition coefficient (Wildman–Crippen LogP) is 3.51. The van der Waals surface area contributed by atoms with Crippen molar-refractivity contribution in [3.63, 3.8) is 0 Å². The number of para-hydroxylation sites is 1. The molecule has 2 aromatic heterocycles. The molecule has 0 atom stereocenters. The monoisotopic (exact) mass is 522 g/mol. The number of carbonyl (C=O) groups is 1. The van der Waals surface area contributed by atoms with Gasteiger partial charge in [0.15, 0.2) is 0 Å². The van der Waals surface area contributed by atoms with E-state index in [1.54, 1.807) is 11.0 Å². The second-order valence-corrected chi connectivity index (χ2v) is 8.94. The average molecular weight is 523 g/mol. The number of thiophene rings is 1. The minimum atomic E-state index is -0.595. The van der Waals surface area contributed by atoms with E-state index in [0.717, 1.165) is 0 Å². The molecule has 0 bridgehead atoms. The number of piperazine rings is 1. The van der Waals surface area contributed by atoms with E-state index in [1.165, 1.54) is 22.3 Å². The number of halogens is 1. The van der Waals surface area contributed by atoms with Gasteiger partial charge in [-0.05, 0) is 31.6 Å². The van der Waals surface area contributed by atoms with Gasteiger partial charge in [0.2, 0.25) is 0 Å². The smallest absolute Gasteiger partial charge is 0.357 e. The minimum Gasteiger partial charge on any atom is -0.362 e. The molecule has 3 heterocycles. The van der Waals surface area contributed by atoms with Crippen molar-refractivity contribution in [1.29, 1.82) is 0 Å². The van der Waals surface area contributed by atoms with Gasteiger partial charge in [-0.25, -0.2) is 0 Å². The number of nitro groups is 1. The lowest BCUT2D eigenvalue weighted by Gasteiger charge is -2.36. The number of anilines is 1. The number of aromatic nitrogens is 1. The fourth-order valence-electron chi connectivity index (χ4n) is 4.07. The van der Waals surface area contributed by atoms with Crippen LogP contribution in [0.4, 0.5) is 11.4 Å². The Morgan fingerprint density at radius 2 is 1.77 bits per heavy atom. The molecule has 0 aliphatic carbocycles. The molecule has 3 N–H and O–H groups in total. The highest BCUT2D eigenvalue weighted by Gasteiger charge is 2.32. The number of fused-ring (bicyclic) bond motifs is 1. The van der Waals surface area contributed by atoms with Gasteiger partial charge in [0.05, 0.1) is 15.3 Å². The van der Waals surface area contributed by atoms with Gasteiger partial charge in [0, 0.05) is 51.0 Å². The third kappa shape index (κ3) is 5.99. The van der Waals surface area contributed by atoms with Crippen LogP contribution in [-0.4, -0.2) is 78.4 Å². The molecule has 1 amide bonds. The zero-order valence-corrected chi connectivity index (χ0v) is 21.7. The standard InChI is InChI=1S/C22H25N5O4S.CH3Cl.H3N/c1-23(2)9-14-26-17-7-4-3-6-16(17)19(20(22(26)29)27(30)31)24-10-12-25(13-11-24)21(28)18-8-5-15-32-18;1-2;/h3-8,15H,9-14H2,1-2H3;1H3;1H3. The van der Waals surface area contributed by atoms with E-state index >= 15 is 0 Å². The summed E-state index contributed by atoms with van der Waals surface area (Å²) >= 11 is 6.04. The van der Waals surface area contributed by atoms with Crippen molar-refractivity contribution in [3.05, 3.63) is 67.1 Å². The maximum atomic E-state index is 13.2. The number of alkyl halides is 1. The van der Waals surface area contributed by atoms with Gasteiger partial charge < -0.3 is 25.4 Å². The predicted molar refractivity (Wildman–Crippen MR) is 143 cm³/mol. The zero-order chi connectivity index (χ0) is 24.8. The number of likely N-dealkylation sites (N-methyl/N-ethyl adjacent to an activating group) is 1. The number of nitrogens with zero attached hydrogens (tertiary/aromatic N) is 5. The highest BCUT2D eigenvalue weighted by Crippen LogP contribution is 2.34. The van der Waals surface area contributed by atoms with Crippen LogP contribution >= 0.6 is 22.9 Å². The van der Waals surface area contributed by atoms with Crippen LogP contribution in [0.25, 0.3) is 10.9 Å². The molecule has 1 aromatic carbocycles. The Hall–Kier alpha value is -2.99. The molecule has 0 saturated carbocycles. The van der Waals surface area contributed by atoms with Crippen LogP contribution in [0.5, 0.6) is 0 Å². The maximum absolute atomic E-state index is 13.2. The molecule has 12 heteroatoms. The molecule has 1 saturated heterocycles. The van der Waals surface area contributed by atoms with Crippen LogP contribution in [-0.2, 0) is 6.54 Å². The van der Waals surface area contributed by atoms with Crippen molar-refractivity contribution in [2.24, 2.45) is 0 Å². The maximum Gasteiger partial charge on any atom is 0.357 e. The summed E-state index contributed by atoms with van der Waals surface area (Å²) in [5.41, 5.74) is 0.0279. The number of amides is 1. The molecule has 0 radical (unpaired) electrons. The zero-order valence-electron chi connectivity index (χ0n) is 20.1. The molecule has 190 valence electrons. The van der Waals surface area contributed by atoms with Crippen LogP contribution in [0.2, 0.25) is 0 Å². The Kier molecular flexibility index (Phi) is 10.2. The minimum absolute atomic E-state index is 0. The van der Waals surface area contributed by atoms with Gasteiger partial charge in [-0.1, -0.05) is 24.3 Å². The van der Waals surface area contributed by atoms with Crippen molar-refractivity contribution in [1.82, 2.24) is 20.5 Å². The van der Waals surface area contributed by atoms with E-state index in [4.69, 9.17) is 0 Å². The summed E-state index contributed by atoms with van der Waals surface area (Å²) in [6.07, 6.45) is 1.47. The van der Waals surface area contributed by atoms with Crippen LogP contribution in [0, 0.1) is 10.1 Å². The fourth-order valence-corrected chi connectivity index (χ4v) is 4.76. The summed E-state index contributed by atoms with van der Waals surface area (Å²) in [5.74, 6) is -0.0295. The molecular weight excluding hydrogens is 492 g/mol. The Balaban J connectivity index is 0.00000140. The average Bonchev–Trinajstić information content (AvgIpc) is 3.38. The van der Waals surface area contributed by atoms with E-state index in [1.807, 2.05) is 59.6 Å². The van der Waals surface area contributed by atoms with Crippen LogP contribution in [0.15, 0.2) is 46.6 Å². The number of pyridine rings is 1. The molecule has 1 fully saturated rings. The van der Waals surface area contributed by atoms with Gasteiger partial charge in [-0.2, -0.15) is 0 Å². The number of rotatable bonds is 6. The second-order valence-electron chi connectivity index (χ2n) is 7.99. The lowest BCUT2D eigenvalue weighted by atomic mass is 10.1. The molecule has 35 heavy (non-hydrogen) atoms. The largest absolute Gasteiger partial charge is 0.362 e. The molecule has 1 aliphatic rings. The Bertz CT molecular complexity index is 1210. The van der Waals surface area contributed by atoms with E-state index in [-0.39, 0.29) is 12.1 Å². The number of carbonyl (C=O) groups excluding carboxylic acids is 1. The summed E-state index contributed by atoms with van der Waals surface area (Å²) < 4.78 is 1.49. The molecule has 0 spiro atoms. The molecule has 10 nitrogen and oxygen atoms in total. The van der Waals surface area contributed by atoms with Crippen LogP contribution in [0.1, 0.15) is 9.67 Å². The number of hydrogen-bond donors (Lipinski definition) is 1. The third-order valence-corrected chi connectivity index (χ3v) is 6.55. The summed E-state index contributed by atoms with van der Waals surface area (Å²) in [5, 5.41) is 14.6. The lowest BCUT2D eigenvalue weighted by molar-refractivity contribution is -0.385. The van der Waals surface area contributed by atoms with Crippen molar-refractivity contribution in [3.8, 4) is 0 Å². The summed E-state index contributed by atoms with van der Waals surface area (Å²) in [6.45, 7) is 2.66. The quantitative estimate of drug-likeness (QED) is 0.298. The second kappa shape index (κ2) is 12.6. The molecule has 3 aromatic rings. The van der Waals surface area contributed by atoms with Gasteiger partial charge >= 0.3 is 11.2 Å². The van der Waals surface area contributed by atoms with E-state index in [0.29, 0.717) is 60.7 Å². The first kappa shape index (κ1) is 28.2. The van der Waals surface area contributed by atoms with Gasteiger partial charge in [-0.15, -0.1) is 22.9 Å². The summed E-state index contributed by atoms with van der Waals surface area (Å²) in [4.78, 5) is 43.6. The fraction of sp³-hybridized carbons (Fsp3) is 0.391. The molecule has 1 aliphatic heterocycles. The van der Waals surface area contributed by atoms with Crippen LogP contribution in [0.3, 0.4) is 0 Å². The topological polar surface area (TPSA) is 127 Å². The third-order valence-electron chi connectivity index (χ3n) is 5.69. The highest BCUT2D eigenvalue weighted by atomic mass is 35.5. The first-order valence-electron chi connectivity index (χ1n) is 10.8. The Morgan fingerprint density at radius 3 is 2.34 bits per heavy atom. The normalized spacial score (nSPS) is 13.3. The first-order chi connectivity index (χ1) is 16.4. The first-order valence-corrected chi connectivity index (χ1v) is 12.4. The highest BCUT2D eigenvalue weighted by molar-refractivity contribution is 7.12. The van der Waals surface area contributed by atoms with E-state index in [9.17, 15) is 19.7 Å². The van der Waals surface area contributed by atoms with Crippen molar-refractivity contribution in [2.45, 2.75) is 6.54 Å². The lowest BCUT2D eigenvalue weighted by Crippen LogP contribution is -2.49. The molecular formula is C23H31ClN6O4S. The van der Waals surface area contributed by atoms with Gasteiger partial charge in [-0.3, -0.25) is 19.7 Å². The van der Waals surface area contributed by atoms with Gasteiger partial charge in [0.25, 0.3) is 5.91 Å². The Labute approximate surface area is 213 Å². The van der Waals surface area contributed by atoms with E-state index < -0.39 is 16.2 Å². The van der Waals surface area contributed by atoms with Gasteiger partial charge in [0.1, 0.15) is 5.69 Å². The van der Waals surface area contributed by atoms with Crippen LogP contribution < -0.4 is 16.6 Å².